The van der Waals surface area contributed by atoms with Gasteiger partial charge < -0.3 is 20.6 Å². The highest BCUT2D eigenvalue weighted by atomic mass is 16.3. The van der Waals surface area contributed by atoms with E-state index in [2.05, 4.69) is 6.92 Å². The lowest BCUT2D eigenvalue weighted by molar-refractivity contribution is -0.122. The molecule has 0 aromatic rings. The molecule has 160 valence electrons. The highest BCUT2D eigenvalue weighted by Crippen LogP contribution is 2.33. The summed E-state index contributed by atoms with van der Waals surface area (Å²) in [5.74, 6) is -1.42. The molecule has 28 heavy (non-hydrogen) atoms. The summed E-state index contributed by atoms with van der Waals surface area (Å²) in [6.45, 7) is -3.97. The Morgan fingerprint density at radius 2 is 2.14 bits per heavy atom. The number of ketones is 1. The molecule has 1 aliphatic carbocycles. The fourth-order valence-electron chi connectivity index (χ4n) is 3.38. The number of rotatable bonds is 14. The van der Waals surface area contributed by atoms with Gasteiger partial charge in [0.25, 0.3) is 0 Å². The van der Waals surface area contributed by atoms with Crippen molar-refractivity contribution in [3.63, 3.8) is 0 Å². The number of nitrogens with one attached hydrogen (secondary N) is 1. The summed E-state index contributed by atoms with van der Waals surface area (Å²) in [5, 5.41) is 31.2. The van der Waals surface area contributed by atoms with Crippen LogP contribution in [0.4, 0.5) is 0 Å². The largest absolute Gasteiger partial charge is 0.395 e. The minimum absolute atomic E-state index is 0.0165. The van der Waals surface area contributed by atoms with Crippen molar-refractivity contribution in [2.75, 3.05) is 13.1 Å². The van der Waals surface area contributed by atoms with Crippen LogP contribution in [0.3, 0.4) is 0 Å². The smallest absolute Gasteiger partial charge is 0.220 e. The van der Waals surface area contributed by atoms with Crippen molar-refractivity contribution >= 4 is 11.7 Å². The maximum Gasteiger partial charge on any atom is 0.220 e. The van der Waals surface area contributed by atoms with Crippen molar-refractivity contribution in [3.05, 3.63) is 24.3 Å². The van der Waals surface area contributed by atoms with Gasteiger partial charge in [-0.25, -0.2) is 0 Å². The summed E-state index contributed by atoms with van der Waals surface area (Å²) in [6.07, 6.45) is 10.8. The number of carbonyl (C=O) groups excluding carboxylic acids is 2. The summed E-state index contributed by atoms with van der Waals surface area (Å²) >= 11 is 0. The van der Waals surface area contributed by atoms with Gasteiger partial charge in [-0.15, -0.1) is 0 Å². The van der Waals surface area contributed by atoms with E-state index in [-0.39, 0.29) is 30.5 Å². The van der Waals surface area contributed by atoms with Crippen molar-refractivity contribution in [2.45, 2.75) is 76.9 Å². The first-order chi connectivity index (χ1) is 14.9. The van der Waals surface area contributed by atoms with Crippen molar-refractivity contribution in [2.24, 2.45) is 11.8 Å². The van der Waals surface area contributed by atoms with Crippen LogP contribution in [-0.4, -0.2) is 52.3 Å². The number of carbonyl (C=O) groups is 2. The topological polar surface area (TPSA) is 107 Å². The average molecular weight is 400 g/mol. The third-order valence-corrected chi connectivity index (χ3v) is 4.98. The Hall–Kier alpha value is -1.50. The molecule has 6 heteroatoms. The number of hydrogen-bond donors (Lipinski definition) is 4. The number of amides is 1. The lowest BCUT2D eigenvalue weighted by atomic mass is 9.90. The molecule has 0 heterocycles. The number of aliphatic hydroxyl groups excluding tert-OH is 2. The van der Waals surface area contributed by atoms with Gasteiger partial charge in [0.2, 0.25) is 5.91 Å². The van der Waals surface area contributed by atoms with E-state index in [1.54, 1.807) is 12.2 Å². The first-order valence-corrected chi connectivity index (χ1v) is 10.1. The molecule has 1 aliphatic rings. The zero-order chi connectivity index (χ0) is 24.4. The lowest BCUT2D eigenvalue weighted by Gasteiger charge is -2.16. The number of unbranched alkanes of at least 4 members (excludes halogenated alkanes) is 3. The van der Waals surface area contributed by atoms with E-state index >= 15 is 0 Å². The fraction of sp³-hybridized carbons (Fsp3) is 0.727. The fourth-order valence-corrected chi connectivity index (χ4v) is 3.38. The van der Waals surface area contributed by atoms with Gasteiger partial charge >= 0.3 is 0 Å². The van der Waals surface area contributed by atoms with Gasteiger partial charge in [0, 0.05) is 31.2 Å². The lowest BCUT2D eigenvalue weighted by Crippen LogP contribution is -2.25. The minimum atomic E-state index is -3.18. The summed E-state index contributed by atoms with van der Waals surface area (Å²) in [4.78, 5) is 24.0. The maximum absolute atomic E-state index is 12.2. The van der Waals surface area contributed by atoms with Gasteiger partial charge in [-0.3, -0.25) is 9.59 Å². The molecule has 0 radical (unpaired) electrons. The summed E-state index contributed by atoms with van der Waals surface area (Å²) in [5.41, 5.74) is 0. The van der Waals surface area contributed by atoms with E-state index < -0.39 is 31.2 Å². The second kappa shape index (κ2) is 14.5. The third-order valence-electron chi connectivity index (χ3n) is 4.98. The summed E-state index contributed by atoms with van der Waals surface area (Å²) in [6, 6.07) is 0. The summed E-state index contributed by atoms with van der Waals surface area (Å²) in [7, 11) is 0. The van der Waals surface area contributed by atoms with Crippen LogP contribution in [0.15, 0.2) is 24.3 Å². The van der Waals surface area contributed by atoms with Crippen LogP contribution < -0.4 is 5.32 Å². The third kappa shape index (κ3) is 9.62. The molecule has 1 fully saturated rings. The molecule has 4 N–H and O–H groups in total. The Kier molecular flexibility index (Phi) is 9.59. The number of hydrogen-bond acceptors (Lipinski definition) is 5. The van der Waals surface area contributed by atoms with E-state index in [0.29, 0.717) is 25.7 Å². The van der Waals surface area contributed by atoms with Gasteiger partial charge in [0.15, 0.2) is 0 Å². The second-order valence-corrected chi connectivity index (χ2v) is 7.25. The second-order valence-electron chi connectivity index (χ2n) is 7.25. The van der Waals surface area contributed by atoms with Crippen LogP contribution in [-0.2, 0) is 9.59 Å². The van der Waals surface area contributed by atoms with Crippen molar-refractivity contribution in [1.29, 1.82) is 0 Å². The molecule has 0 aliphatic heterocycles. The van der Waals surface area contributed by atoms with E-state index in [0.717, 1.165) is 19.3 Å². The van der Waals surface area contributed by atoms with Gasteiger partial charge in [-0.1, -0.05) is 50.5 Å². The van der Waals surface area contributed by atoms with Crippen LogP contribution in [0.1, 0.15) is 70.2 Å². The maximum atomic E-state index is 12.2. The summed E-state index contributed by atoms with van der Waals surface area (Å²) < 4.78 is 28.6. The Bertz CT molecular complexity index is 663. The van der Waals surface area contributed by atoms with Crippen molar-refractivity contribution < 1.29 is 30.4 Å². The van der Waals surface area contributed by atoms with Crippen LogP contribution in [0.5, 0.6) is 0 Å². The monoisotopic (exact) mass is 399 g/mol. The van der Waals surface area contributed by atoms with Crippen molar-refractivity contribution in [3.8, 4) is 0 Å². The molecular weight excluding hydrogens is 358 g/mol. The molecule has 1 amide bonds. The predicted molar refractivity (Wildman–Crippen MR) is 110 cm³/mol. The molecule has 1 rings (SSSR count). The average Bonchev–Trinajstić information content (AvgIpc) is 2.94. The molecule has 0 aromatic carbocycles. The highest BCUT2D eigenvalue weighted by molar-refractivity contribution is 5.84. The van der Waals surface area contributed by atoms with E-state index in [1.165, 1.54) is 0 Å². The Morgan fingerprint density at radius 3 is 2.86 bits per heavy atom. The molecule has 0 saturated heterocycles. The van der Waals surface area contributed by atoms with E-state index in [1.807, 2.05) is 17.5 Å². The molecular formula is C22H37NO5. The molecule has 4 atom stereocenters. The molecule has 0 bridgehead atoms. The number of aliphatic hydroxyl groups is 3. The Balaban J connectivity index is 2.45. The zero-order valence-corrected chi connectivity index (χ0v) is 16.6. The van der Waals surface area contributed by atoms with Gasteiger partial charge in [0.05, 0.1) is 24.2 Å². The predicted octanol–water partition coefficient (Wildman–Crippen LogP) is 2.28. The Morgan fingerprint density at radius 1 is 1.36 bits per heavy atom. The van der Waals surface area contributed by atoms with Gasteiger partial charge in [-0.2, -0.15) is 0 Å². The van der Waals surface area contributed by atoms with E-state index in [4.69, 9.17) is 10.6 Å². The first-order valence-electron chi connectivity index (χ1n) is 12.1. The molecule has 0 unspecified atom stereocenters. The van der Waals surface area contributed by atoms with Crippen LogP contribution in [0, 0.1) is 11.8 Å². The SMILES string of the molecule is [2H]C([2H])(O)C([2H])([2H])NC(=O)CCC/C=C\C[C@H]1C(=O)C[C@@H](O)[C@@H]1/C=C/[C@@H](O)CCCCC. The molecule has 1 saturated carbocycles. The standard InChI is InChI=1S/C22H37NO5/c1-2-3-6-9-17(25)12-13-19-18(20(26)16-21(19)27)10-7-4-5-8-11-22(28)23-14-15-24/h4,7,12-13,17-19,21,24-25,27H,2-3,5-6,8-11,14-16H2,1H3,(H,23,28)/b7-4-,13-12+/t17-,18+,19+,21+/m0/s1/i14D2,15D2. The Labute approximate surface area is 174 Å². The minimum Gasteiger partial charge on any atom is -0.395 e. The quantitative estimate of drug-likeness (QED) is 0.265. The molecule has 0 spiro atoms. The van der Waals surface area contributed by atoms with Crippen LogP contribution in [0.2, 0.25) is 0 Å². The van der Waals surface area contributed by atoms with Crippen molar-refractivity contribution in [1.82, 2.24) is 5.32 Å². The van der Waals surface area contributed by atoms with E-state index in [9.17, 15) is 19.8 Å². The number of allylic oxidation sites excluding steroid dienone is 2. The van der Waals surface area contributed by atoms with Crippen LogP contribution >= 0.6 is 0 Å². The molecule has 0 aromatic heterocycles. The first kappa shape index (κ1) is 18.5. The highest BCUT2D eigenvalue weighted by Gasteiger charge is 2.39. The van der Waals surface area contributed by atoms with Gasteiger partial charge in [0.1, 0.15) is 5.78 Å². The number of Topliss-reactive ketones (excluding diaryl/α,β-unsaturated/α-hetero) is 1. The van der Waals surface area contributed by atoms with Crippen LogP contribution in [0.25, 0.3) is 0 Å². The zero-order valence-electron chi connectivity index (χ0n) is 20.6. The normalized spacial score (nSPS) is 26.9. The van der Waals surface area contributed by atoms with Gasteiger partial charge in [-0.05, 0) is 25.7 Å². The molecule has 6 nitrogen and oxygen atoms in total.